The highest BCUT2D eigenvalue weighted by Crippen LogP contribution is 2.30. The highest BCUT2D eigenvalue weighted by atomic mass is 32.2. The third kappa shape index (κ3) is 6.21. The lowest BCUT2D eigenvalue weighted by Gasteiger charge is -2.18. The van der Waals surface area contributed by atoms with E-state index in [-0.39, 0.29) is 35.1 Å². The highest BCUT2D eigenvalue weighted by Gasteiger charge is 2.33. The van der Waals surface area contributed by atoms with Crippen molar-refractivity contribution in [1.82, 2.24) is 5.32 Å². The number of sulfone groups is 1. The van der Waals surface area contributed by atoms with Crippen molar-refractivity contribution >= 4 is 50.3 Å². The number of nitrogens with zero attached hydrogens (tertiary/aromatic N) is 2. The lowest BCUT2D eigenvalue weighted by Crippen LogP contribution is -2.37. The molecular weight excluding hydrogens is 482 g/mol. The van der Waals surface area contributed by atoms with Crippen molar-refractivity contribution in [2.24, 2.45) is 4.99 Å². The molecule has 184 valence electrons. The topological polar surface area (TPSA) is 95.9 Å². The summed E-state index contributed by atoms with van der Waals surface area (Å²) in [6.45, 7) is 6.23. The molecule has 2 aliphatic rings. The molecule has 4 rings (SSSR count). The molecular formula is C26H29N3O4S2. The van der Waals surface area contributed by atoms with Crippen molar-refractivity contribution in [2.75, 3.05) is 22.2 Å². The number of hydrogen-bond acceptors (Lipinski definition) is 6. The zero-order valence-electron chi connectivity index (χ0n) is 20.0. The molecule has 0 radical (unpaired) electrons. The van der Waals surface area contributed by atoms with Crippen molar-refractivity contribution in [2.45, 2.75) is 39.2 Å². The van der Waals surface area contributed by atoms with Crippen LogP contribution in [0.1, 0.15) is 42.9 Å². The molecule has 0 spiro atoms. The minimum atomic E-state index is -3.08. The average molecular weight is 512 g/mol. The quantitative estimate of drug-likeness (QED) is 0.594. The number of carbonyl (C=O) groups is 2. The van der Waals surface area contributed by atoms with E-state index in [2.05, 4.69) is 24.2 Å². The molecule has 35 heavy (non-hydrogen) atoms. The second-order valence-corrected chi connectivity index (χ2v) is 12.3. The van der Waals surface area contributed by atoms with Crippen LogP contribution in [-0.2, 0) is 19.4 Å². The van der Waals surface area contributed by atoms with Crippen LogP contribution < -0.4 is 10.2 Å². The van der Waals surface area contributed by atoms with Crippen LogP contribution in [0, 0.1) is 6.92 Å². The average Bonchev–Trinajstić information content (AvgIpc) is 3.31. The van der Waals surface area contributed by atoms with Crippen molar-refractivity contribution in [1.29, 1.82) is 0 Å². The largest absolute Gasteiger partial charge is 0.352 e. The van der Waals surface area contributed by atoms with Gasteiger partial charge in [-0.15, -0.1) is 0 Å². The summed E-state index contributed by atoms with van der Waals surface area (Å²) in [5, 5.41) is 3.20. The highest BCUT2D eigenvalue weighted by molar-refractivity contribution is 8.14. The Morgan fingerprint density at radius 1 is 1.17 bits per heavy atom. The maximum Gasteiger partial charge on any atom is 0.283 e. The van der Waals surface area contributed by atoms with Gasteiger partial charge in [-0.05, 0) is 48.6 Å². The second-order valence-electron chi connectivity index (χ2n) is 9.18. The number of aryl methyl sites for hydroxylation is 1. The summed E-state index contributed by atoms with van der Waals surface area (Å²) in [6, 6.07) is 15.2. The van der Waals surface area contributed by atoms with Crippen molar-refractivity contribution < 1.29 is 18.0 Å². The molecule has 7 nitrogen and oxygen atoms in total. The molecule has 0 aliphatic carbocycles. The van der Waals surface area contributed by atoms with E-state index in [1.165, 1.54) is 10.5 Å². The molecule has 1 fully saturated rings. The van der Waals surface area contributed by atoms with Crippen LogP contribution in [-0.4, -0.2) is 48.7 Å². The predicted octanol–water partition coefficient (Wildman–Crippen LogP) is 3.90. The number of thioether (sulfide) groups is 1. The molecule has 1 saturated heterocycles. The summed E-state index contributed by atoms with van der Waals surface area (Å²) in [5.41, 5.74) is 4.13. The first kappa shape index (κ1) is 25.2. The fraction of sp³-hybridized carbons (Fsp3) is 0.346. The Morgan fingerprint density at radius 3 is 2.46 bits per heavy atom. The van der Waals surface area contributed by atoms with Crippen molar-refractivity contribution in [3.8, 4) is 0 Å². The molecule has 2 heterocycles. The SMILES string of the molecule is Cc1ccc(N2C(=O)/C(=C\c3ccc(C(C)C)cc3)N=C2SCC(=O)N[C@@H]2CCS(=O)(=O)C2)cc1. The van der Waals surface area contributed by atoms with E-state index in [0.717, 1.165) is 22.9 Å². The molecule has 1 N–H and O–H groups in total. The molecule has 0 saturated carbocycles. The number of hydrogen-bond donors (Lipinski definition) is 1. The van der Waals surface area contributed by atoms with Gasteiger partial charge in [-0.3, -0.25) is 14.5 Å². The molecule has 2 aliphatic heterocycles. The Balaban J connectivity index is 1.53. The smallest absolute Gasteiger partial charge is 0.283 e. The Morgan fingerprint density at radius 2 is 1.86 bits per heavy atom. The van der Waals surface area contributed by atoms with Gasteiger partial charge in [0.25, 0.3) is 5.91 Å². The summed E-state index contributed by atoms with van der Waals surface area (Å²) in [6.07, 6.45) is 2.18. The van der Waals surface area contributed by atoms with Gasteiger partial charge >= 0.3 is 0 Å². The van der Waals surface area contributed by atoms with Gasteiger partial charge in [-0.25, -0.2) is 13.4 Å². The molecule has 0 bridgehead atoms. The number of anilines is 1. The Hall–Kier alpha value is -2.91. The molecule has 0 aromatic heterocycles. The number of amidine groups is 1. The van der Waals surface area contributed by atoms with Gasteiger partial charge in [0.15, 0.2) is 15.0 Å². The predicted molar refractivity (Wildman–Crippen MR) is 142 cm³/mol. The zero-order valence-corrected chi connectivity index (χ0v) is 21.7. The van der Waals surface area contributed by atoms with Gasteiger partial charge in [0.1, 0.15) is 5.70 Å². The molecule has 1 atom stereocenters. The van der Waals surface area contributed by atoms with Gasteiger partial charge in [-0.1, -0.05) is 67.6 Å². The van der Waals surface area contributed by atoms with E-state index in [4.69, 9.17) is 0 Å². The lowest BCUT2D eigenvalue weighted by molar-refractivity contribution is -0.119. The standard InChI is InChI=1S/C26H29N3O4S2/c1-17(2)20-8-6-19(7-9-20)14-23-25(31)29(22-10-4-18(3)5-11-22)26(28-23)34-15-24(30)27-21-12-13-35(32,33)16-21/h4-11,14,17,21H,12-13,15-16H2,1-3H3,(H,27,30)/b23-14+/t21-/m1/s1. The number of aliphatic imine (C=N–C) groups is 1. The van der Waals surface area contributed by atoms with Crippen LogP contribution >= 0.6 is 11.8 Å². The van der Waals surface area contributed by atoms with E-state index in [1.54, 1.807) is 6.08 Å². The third-order valence-corrected chi connectivity index (χ3v) is 8.66. The van der Waals surface area contributed by atoms with Crippen LogP contribution in [0.2, 0.25) is 0 Å². The van der Waals surface area contributed by atoms with Crippen LogP contribution in [0.25, 0.3) is 6.08 Å². The van der Waals surface area contributed by atoms with Crippen LogP contribution in [0.5, 0.6) is 0 Å². The molecule has 0 unspecified atom stereocenters. The molecule has 9 heteroatoms. The molecule has 2 amide bonds. The van der Waals surface area contributed by atoms with E-state index in [9.17, 15) is 18.0 Å². The first-order valence-corrected chi connectivity index (χ1v) is 14.4. The first-order chi connectivity index (χ1) is 16.6. The molecule has 2 aromatic carbocycles. The Bertz CT molecular complexity index is 1280. The van der Waals surface area contributed by atoms with E-state index in [1.807, 2.05) is 55.5 Å². The van der Waals surface area contributed by atoms with Crippen LogP contribution in [0.15, 0.2) is 59.2 Å². The summed E-state index contributed by atoms with van der Waals surface area (Å²) in [5.74, 6) is -0.0232. The normalized spacial score (nSPS) is 20.5. The minimum absolute atomic E-state index is 0.0270. The number of nitrogens with one attached hydrogen (secondary N) is 1. The lowest BCUT2D eigenvalue weighted by atomic mass is 10.0. The number of amides is 2. The number of benzene rings is 2. The first-order valence-electron chi connectivity index (χ1n) is 11.6. The number of rotatable bonds is 6. The van der Waals surface area contributed by atoms with Crippen LogP contribution in [0.4, 0.5) is 5.69 Å². The maximum atomic E-state index is 13.3. The van der Waals surface area contributed by atoms with Gasteiger partial charge in [0.05, 0.1) is 22.9 Å². The van der Waals surface area contributed by atoms with E-state index >= 15 is 0 Å². The van der Waals surface area contributed by atoms with E-state index in [0.29, 0.717) is 28.9 Å². The second kappa shape index (κ2) is 10.4. The van der Waals surface area contributed by atoms with Gasteiger partial charge in [-0.2, -0.15) is 0 Å². The minimum Gasteiger partial charge on any atom is -0.352 e. The van der Waals surface area contributed by atoms with Gasteiger partial charge in [0.2, 0.25) is 5.91 Å². The number of carbonyl (C=O) groups excluding carboxylic acids is 2. The monoisotopic (exact) mass is 511 g/mol. The Kier molecular flexibility index (Phi) is 7.47. The summed E-state index contributed by atoms with van der Waals surface area (Å²) in [7, 11) is -3.08. The maximum absolute atomic E-state index is 13.3. The van der Waals surface area contributed by atoms with Crippen molar-refractivity contribution in [3.05, 3.63) is 70.9 Å². The van der Waals surface area contributed by atoms with E-state index < -0.39 is 9.84 Å². The fourth-order valence-corrected chi connectivity index (χ4v) is 6.46. The van der Waals surface area contributed by atoms with Gasteiger partial charge < -0.3 is 5.32 Å². The third-order valence-electron chi connectivity index (χ3n) is 5.96. The summed E-state index contributed by atoms with van der Waals surface area (Å²) in [4.78, 5) is 31.9. The van der Waals surface area contributed by atoms with Gasteiger partial charge in [0, 0.05) is 6.04 Å². The summed E-state index contributed by atoms with van der Waals surface area (Å²) < 4.78 is 23.3. The fourth-order valence-electron chi connectivity index (χ4n) is 3.96. The Labute approximate surface area is 210 Å². The molecule has 2 aromatic rings. The zero-order chi connectivity index (χ0) is 25.2. The van der Waals surface area contributed by atoms with Crippen molar-refractivity contribution in [3.63, 3.8) is 0 Å². The van der Waals surface area contributed by atoms with Crippen LogP contribution in [0.3, 0.4) is 0 Å². The summed E-state index contributed by atoms with van der Waals surface area (Å²) >= 11 is 1.16.